The molecule has 0 aromatic heterocycles. The molecule has 0 unspecified atom stereocenters. The summed E-state index contributed by atoms with van der Waals surface area (Å²) in [6, 6.07) is 8.27. The molecule has 1 fully saturated rings. The summed E-state index contributed by atoms with van der Waals surface area (Å²) in [5.41, 5.74) is 1.74. The average molecular weight is 496 g/mol. The van der Waals surface area contributed by atoms with Gasteiger partial charge in [-0.1, -0.05) is 51.1 Å². The van der Waals surface area contributed by atoms with Crippen molar-refractivity contribution in [2.45, 2.75) is 52.1 Å². The van der Waals surface area contributed by atoms with Crippen LogP contribution in [0.25, 0.3) is 6.08 Å². The number of benzene rings is 2. The molecule has 2 aliphatic rings. The van der Waals surface area contributed by atoms with Crippen LogP contribution in [-0.4, -0.2) is 46.8 Å². The number of hydrogen-bond donors (Lipinski definition) is 1. The molecule has 1 N–H and O–H groups in total. The lowest BCUT2D eigenvalue weighted by Gasteiger charge is -2.34. The van der Waals surface area contributed by atoms with Gasteiger partial charge in [0.05, 0.1) is 6.04 Å². The van der Waals surface area contributed by atoms with Gasteiger partial charge in [0.25, 0.3) is 5.91 Å². The summed E-state index contributed by atoms with van der Waals surface area (Å²) in [6.07, 6.45) is 4.64. The van der Waals surface area contributed by atoms with Crippen molar-refractivity contribution in [3.8, 4) is 0 Å². The van der Waals surface area contributed by atoms with Crippen molar-refractivity contribution in [3.63, 3.8) is 0 Å². The molecule has 2 aromatic rings. The second-order valence-corrected chi connectivity index (χ2v) is 10.7. The molecule has 8 heteroatoms. The minimum Gasteiger partial charge on any atom is -0.332 e. The SMILES string of the molecule is C[C@H](c1cc(F)cc(F)c1)N(CC=Cc1ccc2c(c1)C[C@@]1(C2)C(=O)NC(=O)N1C)C(=O)C(C)(C)C. The van der Waals surface area contributed by atoms with Gasteiger partial charge in [0.15, 0.2) is 0 Å². The maximum absolute atomic E-state index is 13.8. The van der Waals surface area contributed by atoms with E-state index < -0.39 is 28.6 Å². The Kier molecular flexibility index (Phi) is 6.49. The molecular formula is C28H31F2N3O3. The van der Waals surface area contributed by atoms with E-state index in [0.717, 1.165) is 22.8 Å². The highest BCUT2D eigenvalue weighted by Crippen LogP contribution is 2.37. The first-order valence-electron chi connectivity index (χ1n) is 12.0. The van der Waals surface area contributed by atoms with Crippen LogP contribution in [0.2, 0.25) is 0 Å². The second kappa shape index (κ2) is 9.15. The molecule has 2 atom stereocenters. The van der Waals surface area contributed by atoms with Crippen molar-refractivity contribution in [1.29, 1.82) is 0 Å². The summed E-state index contributed by atoms with van der Waals surface area (Å²) in [5.74, 6) is -1.79. The lowest BCUT2D eigenvalue weighted by molar-refractivity contribution is -0.141. The Morgan fingerprint density at radius 2 is 1.75 bits per heavy atom. The van der Waals surface area contributed by atoms with Crippen LogP contribution in [-0.2, 0) is 22.4 Å². The van der Waals surface area contributed by atoms with Crippen LogP contribution in [0.3, 0.4) is 0 Å². The Morgan fingerprint density at radius 3 is 2.33 bits per heavy atom. The molecule has 2 aromatic carbocycles. The molecule has 0 radical (unpaired) electrons. The highest BCUT2D eigenvalue weighted by Gasteiger charge is 2.54. The Bertz CT molecular complexity index is 1250. The summed E-state index contributed by atoms with van der Waals surface area (Å²) in [7, 11) is 1.64. The van der Waals surface area contributed by atoms with Gasteiger partial charge in [-0.05, 0) is 41.3 Å². The smallest absolute Gasteiger partial charge is 0.324 e. The first-order chi connectivity index (χ1) is 16.8. The number of urea groups is 1. The van der Waals surface area contributed by atoms with Crippen LogP contribution < -0.4 is 5.32 Å². The topological polar surface area (TPSA) is 69.7 Å². The van der Waals surface area contributed by atoms with Crippen LogP contribution in [0.4, 0.5) is 13.6 Å². The molecular weight excluding hydrogens is 464 g/mol. The monoisotopic (exact) mass is 495 g/mol. The minimum absolute atomic E-state index is 0.139. The molecule has 36 heavy (non-hydrogen) atoms. The molecule has 1 saturated heterocycles. The van der Waals surface area contributed by atoms with Crippen molar-refractivity contribution < 1.29 is 23.2 Å². The van der Waals surface area contributed by atoms with Gasteiger partial charge in [0.2, 0.25) is 5.91 Å². The van der Waals surface area contributed by atoms with Gasteiger partial charge in [0, 0.05) is 37.9 Å². The zero-order valence-corrected chi connectivity index (χ0v) is 21.2. The number of carbonyl (C=O) groups excluding carboxylic acids is 3. The fourth-order valence-electron chi connectivity index (χ4n) is 4.97. The number of nitrogens with one attached hydrogen (secondary N) is 1. The van der Waals surface area contributed by atoms with Crippen LogP contribution in [0.1, 0.15) is 56.0 Å². The molecule has 4 rings (SSSR count). The number of hydrogen-bond acceptors (Lipinski definition) is 3. The van der Waals surface area contributed by atoms with Gasteiger partial charge in [0.1, 0.15) is 17.2 Å². The average Bonchev–Trinajstić information content (AvgIpc) is 3.27. The molecule has 1 aliphatic carbocycles. The number of nitrogens with zero attached hydrogens (tertiary/aromatic N) is 2. The summed E-state index contributed by atoms with van der Waals surface area (Å²) >= 11 is 0. The van der Waals surface area contributed by atoms with Crippen molar-refractivity contribution in [2.24, 2.45) is 5.41 Å². The minimum atomic E-state index is -0.882. The maximum Gasteiger partial charge on any atom is 0.324 e. The first kappa shape index (κ1) is 25.5. The van der Waals surface area contributed by atoms with E-state index in [-0.39, 0.29) is 24.4 Å². The zero-order valence-electron chi connectivity index (χ0n) is 21.2. The third-order valence-electron chi connectivity index (χ3n) is 7.14. The Hall–Kier alpha value is -3.55. The van der Waals surface area contributed by atoms with E-state index in [1.54, 1.807) is 18.9 Å². The molecule has 6 nitrogen and oxygen atoms in total. The van der Waals surface area contributed by atoms with Crippen molar-refractivity contribution in [2.75, 3.05) is 13.6 Å². The molecule has 0 bridgehead atoms. The van der Waals surface area contributed by atoms with Crippen molar-refractivity contribution in [3.05, 3.63) is 76.4 Å². The normalized spacial score (nSPS) is 20.2. The van der Waals surface area contributed by atoms with Crippen LogP contribution in [0, 0.1) is 17.0 Å². The second-order valence-electron chi connectivity index (χ2n) is 10.7. The van der Waals surface area contributed by atoms with E-state index in [1.807, 2.05) is 51.1 Å². The summed E-state index contributed by atoms with van der Waals surface area (Å²) in [6.45, 7) is 7.42. The Morgan fingerprint density at radius 1 is 1.11 bits per heavy atom. The van der Waals surface area contributed by atoms with E-state index in [2.05, 4.69) is 5.32 Å². The van der Waals surface area contributed by atoms with E-state index in [4.69, 9.17) is 0 Å². The van der Waals surface area contributed by atoms with Gasteiger partial charge >= 0.3 is 6.03 Å². The van der Waals surface area contributed by atoms with E-state index in [1.165, 1.54) is 17.0 Å². The number of carbonyl (C=O) groups is 3. The summed E-state index contributed by atoms with van der Waals surface area (Å²) in [4.78, 5) is 40.8. The predicted molar refractivity (Wildman–Crippen MR) is 133 cm³/mol. The predicted octanol–water partition coefficient (Wildman–Crippen LogP) is 4.63. The van der Waals surface area contributed by atoms with Crippen LogP contribution in [0.5, 0.6) is 0 Å². The summed E-state index contributed by atoms with van der Waals surface area (Å²) in [5, 5.41) is 2.40. The zero-order chi connectivity index (χ0) is 26.4. The number of amides is 4. The Labute approximate surface area is 210 Å². The first-order valence-corrected chi connectivity index (χ1v) is 12.0. The summed E-state index contributed by atoms with van der Waals surface area (Å²) < 4.78 is 27.7. The molecule has 190 valence electrons. The van der Waals surface area contributed by atoms with E-state index >= 15 is 0 Å². The lowest BCUT2D eigenvalue weighted by atomic mass is 9.93. The van der Waals surface area contributed by atoms with Crippen LogP contribution in [0.15, 0.2) is 42.5 Å². The quantitative estimate of drug-likeness (QED) is 0.615. The number of imide groups is 1. The van der Waals surface area contributed by atoms with Crippen molar-refractivity contribution in [1.82, 2.24) is 15.1 Å². The number of halogens is 2. The molecule has 1 heterocycles. The largest absolute Gasteiger partial charge is 0.332 e. The van der Waals surface area contributed by atoms with E-state index in [0.29, 0.717) is 18.4 Å². The third-order valence-corrected chi connectivity index (χ3v) is 7.14. The maximum atomic E-state index is 13.8. The van der Waals surface area contributed by atoms with Gasteiger partial charge in [-0.15, -0.1) is 0 Å². The van der Waals surface area contributed by atoms with Crippen LogP contribution >= 0.6 is 0 Å². The fraction of sp³-hybridized carbons (Fsp3) is 0.393. The molecule has 1 aliphatic heterocycles. The third kappa shape index (κ3) is 4.64. The number of rotatable bonds is 5. The van der Waals surface area contributed by atoms with Gasteiger partial charge < -0.3 is 9.80 Å². The molecule has 4 amide bonds. The number of likely N-dealkylation sites (N-methyl/N-ethyl adjacent to an activating group) is 1. The fourth-order valence-corrected chi connectivity index (χ4v) is 4.97. The highest BCUT2D eigenvalue weighted by molar-refractivity contribution is 6.07. The highest BCUT2D eigenvalue weighted by atomic mass is 19.1. The number of fused-ring (bicyclic) bond motifs is 1. The molecule has 0 saturated carbocycles. The molecule has 1 spiro atoms. The van der Waals surface area contributed by atoms with Gasteiger partial charge in [-0.3, -0.25) is 14.9 Å². The van der Waals surface area contributed by atoms with Gasteiger partial charge in [-0.2, -0.15) is 0 Å². The Balaban J connectivity index is 1.54. The lowest BCUT2D eigenvalue weighted by Crippen LogP contribution is -2.48. The van der Waals surface area contributed by atoms with Crippen molar-refractivity contribution >= 4 is 23.9 Å². The standard InChI is InChI=1S/C28H31F2N3O3/c1-17(20-12-22(29)14-23(30)13-20)33(25(35)27(2,3)4)10-6-7-18-8-9-19-15-28(16-21(19)11-18)24(34)31-26(36)32(28)5/h6-9,11-14,17H,10,15-16H2,1-5H3,(H,31,34,36)/t17-,28+/m1/s1. The van der Waals surface area contributed by atoms with Gasteiger partial charge in [-0.25, -0.2) is 13.6 Å². The van der Waals surface area contributed by atoms with E-state index in [9.17, 15) is 23.2 Å².